The number of hydrogen-bond donors (Lipinski definition) is 1. The fourth-order valence-corrected chi connectivity index (χ4v) is 3.71. The molecule has 0 saturated carbocycles. The summed E-state index contributed by atoms with van der Waals surface area (Å²) < 4.78 is 20.9. The molecular weight excluding hydrogens is 474 g/mol. The molecule has 1 atom stereocenters. The summed E-state index contributed by atoms with van der Waals surface area (Å²) in [4.78, 5) is 38.4. The van der Waals surface area contributed by atoms with E-state index < -0.39 is 35.2 Å². The minimum atomic E-state index is -1.74. The number of benzene rings is 2. The Balaban J connectivity index is 2.43. The van der Waals surface area contributed by atoms with Crippen LogP contribution < -0.4 is 5.32 Å². The molecule has 0 bridgehead atoms. The lowest BCUT2D eigenvalue weighted by Gasteiger charge is -2.27. The van der Waals surface area contributed by atoms with Crippen LogP contribution in [0.5, 0.6) is 0 Å². The van der Waals surface area contributed by atoms with Crippen LogP contribution in [-0.2, 0) is 35.0 Å². The summed E-state index contributed by atoms with van der Waals surface area (Å²) in [5, 5.41) is 2.68. The number of amides is 1. The number of anilines is 1. The maximum absolute atomic E-state index is 13.1. The van der Waals surface area contributed by atoms with Crippen molar-refractivity contribution >= 4 is 23.7 Å². The molecule has 1 unspecified atom stereocenters. The zero-order chi connectivity index (χ0) is 27.6. The second-order valence-electron chi connectivity index (χ2n) is 9.53. The van der Waals surface area contributed by atoms with Crippen LogP contribution in [0.25, 0.3) is 0 Å². The number of ether oxygens (including phenoxy) is 4. The summed E-state index contributed by atoms with van der Waals surface area (Å²) in [5.41, 5.74) is 0.336. The number of carbonyl (C=O) groups is 3. The largest absolute Gasteiger partial charge is 0.468 e. The molecular formula is C29H35NO7. The predicted molar refractivity (Wildman–Crippen MR) is 140 cm³/mol. The molecule has 198 valence electrons. The Hall–Kier alpha value is -3.83. The molecule has 2 rings (SSSR count). The van der Waals surface area contributed by atoms with Crippen molar-refractivity contribution in [2.45, 2.75) is 52.2 Å². The number of carbonyl (C=O) groups excluding carboxylic acids is 3. The molecule has 0 aliphatic rings. The SMILES string of the molecule is COC(=O)C(CC#CC(OC)c1ccccc1)(Cc1cc(NC(=O)OC(C)(C)C)ccc1C)C(=O)OC. The van der Waals surface area contributed by atoms with E-state index in [1.54, 1.807) is 39.0 Å². The molecule has 0 aromatic heterocycles. The van der Waals surface area contributed by atoms with Gasteiger partial charge in [0.2, 0.25) is 0 Å². The Kier molecular flexibility index (Phi) is 10.3. The first-order valence-electron chi connectivity index (χ1n) is 11.8. The topological polar surface area (TPSA) is 100 Å². The van der Waals surface area contributed by atoms with Crippen molar-refractivity contribution in [3.8, 4) is 11.8 Å². The number of aryl methyl sites for hydroxylation is 1. The average molecular weight is 510 g/mol. The maximum atomic E-state index is 13.1. The highest BCUT2D eigenvalue weighted by Crippen LogP contribution is 2.33. The predicted octanol–water partition coefficient (Wildman–Crippen LogP) is 5.00. The van der Waals surface area contributed by atoms with Gasteiger partial charge in [-0.05, 0) is 56.5 Å². The van der Waals surface area contributed by atoms with Gasteiger partial charge < -0.3 is 18.9 Å². The van der Waals surface area contributed by atoms with E-state index in [1.807, 2.05) is 37.3 Å². The van der Waals surface area contributed by atoms with E-state index in [1.165, 1.54) is 21.3 Å². The summed E-state index contributed by atoms with van der Waals surface area (Å²) in [5.74, 6) is 4.41. The first kappa shape index (κ1) is 29.4. The van der Waals surface area contributed by atoms with E-state index in [0.29, 0.717) is 11.3 Å². The van der Waals surface area contributed by atoms with Gasteiger partial charge in [0.25, 0.3) is 0 Å². The summed E-state index contributed by atoms with van der Waals surface area (Å²) in [6, 6.07) is 14.6. The van der Waals surface area contributed by atoms with E-state index >= 15 is 0 Å². The fourth-order valence-electron chi connectivity index (χ4n) is 3.71. The molecule has 0 fully saturated rings. The van der Waals surface area contributed by atoms with E-state index in [2.05, 4.69) is 17.2 Å². The zero-order valence-electron chi connectivity index (χ0n) is 22.5. The summed E-state index contributed by atoms with van der Waals surface area (Å²) in [6.45, 7) is 7.14. The second kappa shape index (κ2) is 12.9. The van der Waals surface area contributed by atoms with Crippen molar-refractivity contribution in [2.75, 3.05) is 26.6 Å². The van der Waals surface area contributed by atoms with Gasteiger partial charge in [0, 0.05) is 25.6 Å². The van der Waals surface area contributed by atoms with E-state index in [0.717, 1.165) is 11.1 Å². The van der Waals surface area contributed by atoms with Crippen molar-refractivity contribution in [1.82, 2.24) is 0 Å². The zero-order valence-corrected chi connectivity index (χ0v) is 22.5. The molecule has 8 heteroatoms. The third kappa shape index (κ3) is 8.09. The third-order valence-electron chi connectivity index (χ3n) is 5.60. The Morgan fingerprint density at radius 3 is 2.11 bits per heavy atom. The first-order valence-corrected chi connectivity index (χ1v) is 11.8. The van der Waals surface area contributed by atoms with Crippen molar-refractivity contribution in [3.63, 3.8) is 0 Å². The highest BCUT2D eigenvalue weighted by atomic mass is 16.6. The first-order chi connectivity index (χ1) is 17.5. The highest BCUT2D eigenvalue weighted by Gasteiger charge is 2.48. The van der Waals surface area contributed by atoms with Crippen LogP contribution in [0.15, 0.2) is 48.5 Å². The molecule has 0 radical (unpaired) electrons. The fraction of sp³-hybridized carbons (Fsp3) is 0.414. The van der Waals surface area contributed by atoms with Gasteiger partial charge in [-0.1, -0.05) is 48.2 Å². The van der Waals surface area contributed by atoms with E-state index in [-0.39, 0.29) is 12.8 Å². The number of esters is 2. The molecule has 2 aromatic carbocycles. The molecule has 0 heterocycles. The van der Waals surface area contributed by atoms with E-state index in [9.17, 15) is 14.4 Å². The number of methoxy groups -OCH3 is 3. The van der Waals surface area contributed by atoms with Gasteiger partial charge >= 0.3 is 18.0 Å². The Morgan fingerprint density at radius 1 is 0.946 bits per heavy atom. The van der Waals surface area contributed by atoms with Crippen LogP contribution >= 0.6 is 0 Å². The lowest BCUT2D eigenvalue weighted by molar-refractivity contribution is -0.168. The van der Waals surface area contributed by atoms with Gasteiger partial charge in [0.15, 0.2) is 5.41 Å². The quantitative estimate of drug-likeness (QED) is 0.231. The van der Waals surface area contributed by atoms with Gasteiger partial charge in [-0.15, -0.1) is 0 Å². The number of hydrogen-bond acceptors (Lipinski definition) is 7. The molecule has 0 saturated heterocycles. The van der Waals surface area contributed by atoms with Gasteiger partial charge in [0.1, 0.15) is 11.7 Å². The van der Waals surface area contributed by atoms with Gasteiger partial charge in [-0.2, -0.15) is 0 Å². The molecule has 37 heavy (non-hydrogen) atoms. The molecule has 2 aromatic rings. The monoisotopic (exact) mass is 509 g/mol. The normalized spacial score (nSPS) is 12.0. The van der Waals surface area contributed by atoms with Crippen molar-refractivity contribution in [1.29, 1.82) is 0 Å². The minimum absolute atomic E-state index is 0.0559. The Labute approximate surface area is 218 Å². The molecule has 8 nitrogen and oxygen atoms in total. The molecule has 0 spiro atoms. The summed E-state index contributed by atoms with van der Waals surface area (Å²) in [6.07, 6.45) is -1.38. The van der Waals surface area contributed by atoms with Crippen LogP contribution in [0.2, 0.25) is 0 Å². The van der Waals surface area contributed by atoms with Crippen LogP contribution in [0.3, 0.4) is 0 Å². The lowest BCUT2D eigenvalue weighted by Crippen LogP contribution is -2.43. The van der Waals surface area contributed by atoms with Crippen LogP contribution in [0, 0.1) is 24.2 Å². The molecule has 1 N–H and O–H groups in total. The van der Waals surface area contributed by atoms with Crippen molar-refractivity contribution in [2.24, 2.45) is 5.41 Å². The van der Waals surface area contributed by atoms with Crippen molar-refractivity contribution in [3.05, 3.63) is 65.2 Å². The van der Waals surface area contributed by atoms with E-state index in [4.69, 9.17) is 18.9 Å². The Morgan fingerprint density at radius 2 is 1.57 bits per heavy atom. The maximum Gasteiger partial charge on any atom is 0.412 e. The third-order valence-corrected chi connectivity index (χ3v) is 5.60. The van der Waals surface area contributed by atoms with Crippen LogP contribution in [-0.4, -0.2) is 45.0 Å². The van der Waals surface area contributed by atoms with Gasteiger partial charge in [-0.3, -0.25) is 14.9 Å². The minimum Gasteiger partial charge on any atom is -0.468 e. The second-order valence-corrected chi connectivity index (χ2v) is 9.53. The molecule has 0 aliphatic carbocycles. The lowest BCUT2D eigenvalue weighted by atomic mass is 9.77. The standard InChI is InChI=1S/C29H35NO7/c1-20-15-16-23(30-27(33)37-28(2,3)4)18-22(20)19-29(25(31)35-6,26(32)36-7)17-11-14-24(34-5)21-12-9-8-10-13-21/h8-10,12-13,15-16,18,24H,17,19H2,1-7H3,(H,30,33). The smallest absolute Gasteiger partial charge is 0.412 e. The summed E-state index contributed by atoms with van der Waals surface area (Å²) >= 11 is 0. The van der Waals surface area contributed by atoms with Crippen molar-refractivity contribution < 1.29 is 33.3 Å². The molecule has 0 aliphatic heterocycles. The highest BCUT2D eigenvalue weighted by molar-refractivity contribution is 6.00. The van der Waals surface area contributed by atoms with Gasteiger partial charge in [0.05, 0.1) is 14.2 Å². The number of rotatable bonds is 8. The molecule has 1 amide bonds. The van der Waals surface area contributed by atoms with Crippen LogP contribution in [0.1, 0.15) is 50.0 Å². The van der Waals surface area contributed by atoms with Crippen LogP contribution in [0.4, 0.5) is 10.5 Å². The number of nitrogens with one attached hydrogen (secondary N) is 1. The van der Waals surface area contributed by atoms with Gasteiger partial charge in [-0.25, -0.2) is 4.79 Å². The Bertz CT molecular complexity index is 1140. The average Bonchev–Trinajstić information content (AvgIpc) is 2.86. The summed E-state index contributed by atoms with van der Waals surface area (Å²) in [7, 11) is 3.96.